The standard InChI is InChI=1S/C11H24O5S.Na.H/c1-3-4-5-6-7-10(2)16-11(8-12)9-17(13,14)15;;/h10-12H,3-9H2,1-2H3,(H,13,14,15);;. The molecular weight excluding hydrogens is 267 g/mol. The maximum atomic E-state index is 10.6. The second-order valence-corrected chi connectivity index (χ2v) is 5.85. The Bertz CT molecular complexity index is 281. The monoisotopic (exact) mass is 292 g/mol. The number of ether oxygens (including phenoxy) is 1. The van der Waals surface area contributed by atoms with Gasteiger partial charge in [0.2, 0.25) is 0 Å². The van der Waals surface area contributed by atoms with Gasteiger partial charge in [0, 0.05) is 0 Å². The predicted molar refractivity (Wildman–Crippen MR) is 73.7 cm³/mol. The van der Waals surface area contributed by atoms with Crippen molar-refractivity contribution in [3.63, 3.8) is 0 Å². The summed E-state index contributed by atoms with van der Waals surface area (Å²) >= 11 is 0. The molecule has 0 aromatic rings. The third kappa shape index (κ3) is 13.3. The van der Waals surface area contributed by atoms with Crippen molar-refractivity contribution in [3.05, 3.63) is 0 Å². The van der Waals surface area contributed by atoms with Crippen LogP contribution in [0.2, 0.25) is 0 Å². The third-order valence-corrected chi connectivity index (χ3v) is 3.28. The van der Waals surface area contributed by atoms with Crippen molar-refractivity contribution < 1.29 is 22.8 Å². The second-order valence-electron chi connectivity index (χ2n) is 4.35. The van der Waals surface area contributed by atoms with Crippen LogP contribution in [0.5, 0.6) is 0 Å². The molecule has 0 amide bonds. The first-order valence-electron chi connectivity index (χ1n) is 6.10. The third-order valence-electron chi connectivity index (χ3n) is 2.49. The van der Waals surface area contributed by atoms with Crippen molar-refractivity contribution >= 4 is 39.7 Å². The molecule has 0 fully saturated rings. The van der Waals surface area contributed by atoms with Gasteiger partial charge in [-0.05, 0) is 13.3 Å². The summed E-state index contributed by atoms with van der Waals surface area (Å²) in [7, 11) is -4.10. The average Bonchev–Trinajstić information content (AvgIpc) is 2.21. The minimum absolute atomic E-state index is 0. The molecule has 7 heteroatoms. The van der Waals surface area contributed by atoms with E-state index in [0.29, 0.717) is 0 Å². The normalized spacial score (nSPS) is 14.9. The first-order chi connectivity index (χ1) is 7.89. The molecule has 0 spiro atoms. The second kappa shape index (κ2) is 11.6. The van der Waals surface area contributed by atoms with Gasteiger partial charge in [0.1, 0.15) is 5.75 Å². The fraction of sp³-hybridized carbons (Fsp3) is 1.00. The van der Waals surface area contributed by atoms with Crippen molar-refractivity contribution in [2.75, 3.05) is 12.4 Å². The van der Waals surface area contributed by atoms with Gasteiger partial charge in [-0.2, -0.15) is 8.42 Å². The van der Waals surface area contributed by atoms with Gasteiger partial charge in [0.15, 0.2) is 0 Å². The van der Waals surface area contributed by atoms with Crippen molar-refractivity contribution in [1.29, 1.82) is 0 Å². The number of hydrogen-bond acceptors (Lipinski definition) is 4. The molecule has 0 aliphatic rings. The van der Waals surface area contributed by atoms with E-state index in [-0.39, 0.29) is 35.7 Å². The molecule has 106 valence electrons. The van der Waals surface area contributed by atoms with Crippen LogP contribution < -0.4 is 0 Å². The van der Waals surface area contributed by atoms with E-state index in [9.17, 15) is 8.42 Å². The molecule has 18 heavy (non-hydrogen) atoms. The van der Waals surface area contributed by atoms with Crippen LogP contribution in [0.15, 0.2) is 0 Å². The van der Waals surface area contributed by atoms with E-state index < -0.39 is 28.6 Å². The zero-order valence-corrected chi connectivity index (χ0v) is 11.4. The molecule has 0 bridgehead atoms. The van der Waals surface area contributed by atoms with Crippen LogP contribution >= 0.6 is 0 Å². The molecule has 2 N–H and O–H groups in total. The summed E-state index contributed by atoms with van der Waals surface area (Å²) in [4.78, 5) is 0. The van der Waals surface area contributed by atoms with Crippen LogP contribution in [-0.4, -0.2) is 72.2 Å². The van der Waals surface area contributed by atoms with Crippen molar-refractivity contribution in [3.8, 4) is 0 Å². The molecule has 0 radical (unpaired) electrons. The Balaban J connectivity index is 0. The molecule has 0 aliphatic heterocycles. The van der Waals surface area contributed by atoms with Crippen LogP contribution in [0.4, 0.5) is 0 Å². The van der Waals surface area contributed by atoms with Crippen molar-refractivity contribution in [2.24, 2.45) is 0 Å². The van der Waals surface area contributed by atoms with E-state index in [0.717, 1.165) is 25.7 Å². The molecule has 0 saturated heterocycles. The Kier molecular flexibility index (Phi) is 13.7. The van der Waals surface area contributed by atoms with Gasteiger partial charge in [0.05, 0.1) is 18.8 Å². The van der Waals surface area contributed by atoms with Crippen LogP contribution in [-0.2, 0) is 14.9 Å². The van der Waals surface area contributed by atoms with E-state index in [4.69, 9.17) is 14.4 Å². The SMILES string of the molecule is CCCCCCC(C)OC(CO)CS(=O)(=O)O.[NaH]. The molecule has 0 aliphatic carbocycles. The van der Waals surface area contributed by atoms with Gasteiger partial charge in [-0.15, -0.1) is 0 Å². The van der Waals surface area contributed by atoms with Gasteiger partial charge in [-0.1, -0.05) is 32.6 Å². The Hall–Kier alpha value is 0.830. The van der Waals surface area contributed by atoms with Crippen LogP contribution in [0.3, 0.4) is 0 Å². The molecule has 0 aromatic carbocycles. The van der Waals surface area contributed by atoms with Gasteiger partial charge in [-0.25, -0.2) is 0 Å². The molecule has 0 heterocycles. The first kappa shape index (κ1) is 21.1. The Labute approximate surface area is 132 Å². The Morgan fingerprint density at radius 1 is 1.22 bits per heavy atom. The molecule has 0 rings (SSSR count). The summed E-state index contributed by atoms with van der Waals surface area (Å²) in [6.45, 7) is 3.57. The number of unbranched alkanes of at least 4 members (excludes halogenated alkanes) is 3. The minimum atomic E-state index is -4.10. The summed E-state index contributed by atoms with van der Waals surface area (Å²) in [6.07, 6.45) is 4.39. The predicted octanol–water partition coefficient (Wildman–Crippen LogP) is 0.962. The van der Waals surface area contributed by atoms with Gasteiger partial charge in [0.25, 0.3) is 10.1 Å². The molecule has 2 atom stereocenters. The van der Waals surface area contributed by atoms with Crippen LogP contribution in [0.1, 0.15) is 46.0 Å². The fourth-order valence-corrected chi connectivity index (χ4v) is 2.28. The topological polar surface area (TPSA) is 83.8 Å². The fourth-order valence-electron chi connectivity index (χ4n) is 1.63. The zero-order chi connectivity index (χ0) is 13.3. The summed E-state index contributed by atoms with van der Waals surface area (Å²) in [5.74, 6) is -0.553. The zero-order valence-electron chi connectivity index (χ0n) is 10.6. The summed E-state index contributed by atoms with van der Waals surface area (Å²) in [5, 5.41) is 8.95. The maximum absolute atomic E-state index is 10.6. The summed E-state index contributed by atoms with van der Waals surface area (Å²) in [6, 6.07) is 0. The molecule has 5 nitrogen and oxygen atoms in total. The molecule has 0 saturated carbocycles. The molecule has 0 aromatic heterocycles. The summed E-state index contributed by atoms with van der Waals surface area (Å²) < 4.78 is 35.3. The van der Waals surface area contributed by atoms with E-state index in [2.05, 4.69) is 6.92 Å². The molecular formula is C11H25NaO5S. The number of rotatable bonds is 10. The average molecular weight is 292 g/mol. The van der Waals surface area contributed by atoms with Gasteiger partial charge in [-0.3, -0.25) is 4.55 Å². The Morgan fingerprint density at radius 2 is 1.83 bits per heavy atom. The van der Waals surface area contributed by atoms with Crippen molar-refractivity contribution in [1.82, 2.24) is 0 Å². The quantitative estimate of drug-likeness (QED) is 0.356. The van der Waals surface area contributed by atoms with Crippen LogP contribution in [0, 0.1) is 0 Å². The number of hydrogen-bond donors (Lipinski definition) is 2. The van der Waals surface area contributed by atoms with Crippen molar-refractivity contribution in [2.45, 2.75) is 58.2 Å². The van der Waals surface area contributed by atoms with Gasteiger partial charge >= 0.3 is 29.6 Å². The number of aliphatic hydroxyl groups is 1. The molecule has 2 unspecified atom stereocenters. The van der Waals surface area contributed by atoms with E-state index in [1.807, 2.05) is 6.92 Å². The van der Waals surface area contributed by atoms with E-state index in [1.54, 1.807) is 0 Å². The van der Waals surface area contributed by atoms with Gasteiger partial charge < -0.3 is 9.84 Å². The Morgan fingerprint density at radius 3 is 2.28 bits per heavy atom. The summed E-state index contributed by atoms with van der Waals surface area (Å²) in [5.41, 5.74) is 0. The van der Waals surface area contributed by atoms with E-state index >= 15 is 0 Å². The van der Waals surface area contributed by atoms with Crippen LogP contribution in [0.25, 0.3) is 0 Å². The first-order valence-corrected chi connectivity index (χ1v) is 7.71. The van der Waals surface area contributed by atoms with E-state index in [1.165, 1.54) is 6.42 Å². The number of aliphatic hydroxyl groups excluding tert-OH is 1.